The summed E-state index contributed by atoms with van der Waals surface area (Å²) in [4.78, 5) is 26.1. The standard InChI is InChI=1S/C24H42N4O5/c1-24(18-31-15-7-13-26,19-32-16-8-14-27)23(30)28-21(11-5-6-12-25)22(29)33-17-20-9-3-2-4-10-20/h2-4,9-10,21H,5-8,11-19,25-27H2,1H3,(H,28,30)/t21-/m0/s1. The number of carbonyl (C=O) groups is 2. The van der Waals surface area contributed by atoms with Gasteiger partial charge in [-0.15, -0.1) is 0 Å². The second kappa shape index (κ2) is 17.4. The number of ether oxygens (including phenoxy) is 3. The first-order valence-electron chi connectivity index (χ1n) is 11.7. The summed E-state index contributed by atoms with van der Waals surface area (Å²) in [5.74, 6) is -0.794. The van der Waals surface area contributed by atoms with E-state index in [-0.39, 0.29) is 25.7 Å². The molecule has 1 atom stereocenters. The lowest BCUT2D eigenvalue weighted by molar-refractivity contribution is -0.152. The number of esters is 1. The topological polar surface area (TPSA) is 152 Å². The molecule has 0 radical (unpaired) electrons. The monoisotopic (exact) mass is 466 g/mol. The molecule has 0 spiro atoms. The van der Waals surface area contributed by atoms with Gasteiger partial charge >= 0.3 is 5.97 Å². The lowest BCUT2D eigenvalue weighted by Crippen LogP contribution is -2.51. The highest BCUT2D eigenvalue weighted by molar-refractivity contribution is 5.88. The zero-order valence-corrected chi connectivity index (χ0v) is 19.9. The molecule has 9 nitrogen and oxygen atoms in total. The molecule has 7 N–H and O–H groups in total. The van der Waals surface area contributed by atoms with E-state index in [1.54, 1.807) is 6.92 Å². The molecular formula is C24H42N4O5. The number of nitrogens with one attached hydrogen (secondary N) is 1. The van der Waals surface area contributed by atoms with Crippen molar-refractivity contribution >= 4 is 11.9 Å². The molecule has 0 aliphatic carbocycles. The van der Waals surface area contributed by atoms with Crippen LogP contribution in [0.4, 0.5) is 0 Å². The van der Waals surface area contributed by atoms with Gasteiger partial charge in [-0.1, -0.05) is 30.3 Å². The van der Waals surface area contributed by atoms with Gasteiger partial charge in [-0.05, 0) is 64.2 Å². The Morgan fingerprint density at radius 3 is 2.03 bits per heavy atom. The molecule has 9 heteroatoms. The first-order valence-corrected chi connectivity index (χ1v) is 11.7. The number of rotatable bonds is 19. The fourth-order valence-corrected chi connectivity index (χ4v) is 3.04. The predicted molar refractivity (Wildman–Crippen MR) is 128 cm³/mol. The molecule has 0 bridgehead atoms. The van der Waals surface area contributed by atoms with Gasteiger partial charge in [-0.25, -0.2) is 4.79 Å². The van der Waals surface area contributed by atoms with E-state index in [4.69, 9.17) is 31.4 Å². The number of hydrogen-bond donors (Lipinski definition) is 4. The third-order valence-electron chi connectivity index (χ3n) is 5.14. The number of hydrogen-bond acceptors (Lipinski definition) is 8. The zero-order valence-electron chi connectivity index (χ0n) is 19.9. The molecule has 1 aromatic rings. The highest BCUT2D eigenvalue weighted by Gasteiger charge is 2.37. The van der Waals surface area contributed by atoms with E-state index >= 15 is 0 Å². The van der Waals surface area contributed by atoms with Crippen molar-refractivity contribution in [2.75, 3.05) is 46.1 Å². The first-order chi connectivity index (χ1) is 16.0. The molecule has 0 unspecified atom stereocenters. The van der Waals surface area contributed by atoms with Crippen LogP contribution >= 0.6 is 0 Å². The van der Waals surface area contributed by atoms with E-state index < -0.39 is 17.4 Å². The molecule has 0 saturated carbocycles. The number of unbranched alkanes of at least 4 members (excludes halogenated alkanes) is 1. The molecule has 1 amide bonds. The minimum atomic E-state index is -0.977. The first kappa shape index (κ1) is 29.0. The van der Waals surface area contributed by atoms with Crippen LogP contribution in [0.1, 0.15) is 44.6 Å². The summed E-state index contributed by atoms with van der Waals surface area (Å²) in [5.41, 5.74) is 16.5. The van der Waals surface area contributed by atoms with Crippen LogP contribution in [-0.4, -0.2) is 64.0 Å². The van der Waals surface area contributed by atoms with Gasteiger partial charge in [0.1, 0.15) is 12.6 Å². The van der Waals surface area contributed by atoms with E-state index in [0.29, 0.717) is 58.5 Å². The van der Waals surface area contributed by atoms with Crippen molar-refractivity contribution in [1.29, 1.82) is 0 Å². The van der Waals surface area contributed by atoms with Crippen molar-refractivity contribution < 1.29 is 23.8 Å². The van der Waals surface area contributed by atoms with E-state index in [0.717, 1.165) is 12.0 Å². The van der Waals surface area contributed by atoms with E-state index in [2.05, 4.69) is 5.32 Å². The minimum absolute atomic E-state index is 0.143. The second-order valence-electron chi connectivity index (χ2n) is 8.35. The second-order valence-corrected chi connectivity index (χ2v) is 8.35. The molecule has 0 aliphatic rings. The van der Waals surface area contributed by atoms with Gasteiger partial charge in [0.15, 0.2) is 0 Å². The molecule has 1 rings (SSSR count). The average Bonchev–Trinajstić information content (AvgIpc) is 2.83. The van der Waals surface area contributed by atoms with Crippen molar-refractivity contribution in [3.63, 3.8) is 0 Å². The molecular weight excluding hydrogens is 424 g/mol. The zero-order chi connectivity index (χ0) is 24.4. The Labute approximate surface area is 197 Å². The Morgan fingerprint density at radius 1 is 0.909 bits per heavy atom. The maximum absolute atomic E-state index is 13.3. The van der Waals surface area contributed by atoms with Crippen LogP contribution in [0.3, 0.4) is 0 Å². The summed E-state index contributed by atoms with van der Waals surface area (Å²) in [6.07, 6.45) is 3.27. The Kier molecular flexibility index (Phi) is 15.3. The van der Waals surface area contributed by atoms with Gasteiger partial charge in [-0.3, -0.25) is 4.79 Å². The number of nitrogens with two attached hydrogens (primary N) is 3. The number of carbonyl (C=O) groups excluding carboxylic acids is 2. The Bertz CT molecular complexity index is 648. The van der Waals surface area contributed by atoms with Crippen LogP contribution in [0.15, 0.2) is 30.3 Å². The lowest BCUT2D eigenvalue weighted by Gasteiger charge is -2.30. The van der Waals surface area contributed by atoms with Crippen LogP contribution in [-0.2, 0) is 30.4 Å². The van der Waals surface area contributed by atoms with Gasteiger partial charge in [0.2, 0.25) is 5.91 Å². The van der Waals surface area contributed by atoms with Crippen molar-refractivity contribution in [2.24, 2.45) is 22.6 Å². The largest absolute Gasteiger partial charge is 0.459 e. The molecule has 0 saturated heterocycles. The summed E-state index contributed by atoms with van der Waals surface area (Å²) in [7, 11) is 0. The summed E-state index contributed by atoms with van der Waals surface area (Å²) in [6.45, 7) is 4.62. The average molecular weight is 467 g/mol. The van der Waals surface area contributed by atoms with Gasteiger partial charge in [0.05, 0.1) is 18.6 Å². The van der Waals surface area contributed by atoms with Gasteiger partial charge < -0.3 is 36.7 Å². The summed E-state index contributed by atoms with van der Waals surface area (Å²) in [5, 5.41) is 2.87. The van der Waals surface area contributed by atoms with Gasteiger partial charge in [0.25, 0.3) is 0 Å². The third-order valence-corrected chi connectivity index (χ3v) is 5.14. The maximum Gasteiger partial charge on any atom is 0.328 e. The minimum Gasteiger partial charge on any atom is -0.459 e. The Balaban J connectivity index is 2.81. The molecule has 0 fully saturated rings. The summed E-state index contributed by atoms with van der Waals surface area (Å²) >= 11 is 0. The molecule has 0 aliphatic heterocycles. The van der Waals surface area contributed by atoms with E-state index in [9.17, 15) is 9.59 Å². The van der Waals surface area contributed by atoms with Crippen LogP contribution in [0.5, 0.6) is 0 Å². The van der Waals surface area contributed by atoms with Crippen LogP contribution in [0, 0.1) is 5.41 Å². The van der Waals surface area contributed by atoms with Gasteiger partial charge in [0, 0.05) is 13.2 Å². The highest BCUT2D eigenvalue weighted by atomic mass is 16.5. The van der Waals surface area contributed by atoms with E-state index in [1.165, 1.54) is 0 Å². The number of amides is 1. The maximum atomic E-state index is 13.3. The molecule has 0 heterocycles. The SMILES string of the molecule is CC(COCCCN)(COCCCN)C(=O)N[C@@H](CCCCN)C(=O)OCc1ccccc1. The van der Waals surface area contributed by atoms with Crippen molar-refractivity contribution in [2.45, 2.75) is 51.7 Å². The Hall–Kier alpha value is -2.04. The Morgan fingerprint density at radius 2 is 1.48 bits per heavy atom. The van der Waals surface area contributed by atoms with Crippen LogP contribution in [0.25, 0.3) is 0 Å². The lowest BCUT2D eigenvalue weighted by atomic mass is 9.90. The van der Waals surface area contributed by atoms with Crippen molar-refractivity contribution in [3.05, 3.63) is 35.9 Å². The van der Waals surface area contributed by atoms with Crippen LogP contribution in [0.2, 0.25) is 0 Å². The molecule has 33 heavy (non-hydrogen) atoms. The molecule has 188 valence electrons. The third kappa shape index (κ3) is 12.1. The van der Waals surface area contributed by atoms with E-state index in [1.807, 2.05) is 30.3 Å². The summed E-state index contributed by atoms with van der Waals surface area (Å²) in [6, 6.07) is 8.63. The van der Waals surface area contributed by atoms with Crippen molar-refractivity contribution in [3.8, 4) is 0 Å². The van der Waals surface area contributed by atoms with Gasteiger partial charge in [-0.2, -0.15) is 0 Å². The fourth-order valence-electron chi connectivity index (χ4n) is 3.04. The number of benzene rings is 1. The quantitative estimate of drug-likeness (QED) is 0.175. The smallest absolute Gasteiger partial charge is 0.328 e. The normalized spacial score (nSPS) is 12.4. The van der Waals surface area contributed by atoms with Crippen molar-refractivity contribution in [1.82, 2.24) is 5.32 Å². The fraction of sp³-hybridized carbons (Fsp3) is 0.667. The molecule has 0 aromatic heterocycles. The summed E-state index contributed by atoms with van der Waals surface area (Å²) < 4.78 is 16.9. The highest BCUT2D eigenvalue weighted by Crippen LogP contribution is 2.20. The van der Waals surface area contributed by atoms with Crippen LogP contribution < -0.4 is 22.5 Å². The molecule has 1 aromatic carbocycles. The predicted octanol–water partition coefficient (Wildman–Crippen LogP) is 1.08.